The molecular formula is C20H17Cl2NO4. The predicted molar refractivity (Wildman–Crippen MR) is 106 cm³/mol. The van der Waals surface area contributed by atoms with Gasteiger partial charge in [0, 0.05) is 27.4 Å². The van der Waals surface area contributed by atoms with E-state index in [1.165, 1.54) is 26.0 Å². The largest absolute Gasteiger partial charge is 0.449 e. The van der Waals surface area contributed by atoms with Crippen LogP contribution in [-0.2, 0) is 14.3 Å². The SMILES string of the molecule is CC(=O)c1ccc(NC(=O)[C@@H](C)OC(=O)/C=C/c2ccc(Cl)cc2Cl)cc1. The Kier molecular flexibility index (Phi) is 7.16. The van der Waals surface area contributed by atoms with Crippen LogP contribution in [0.25, 0.3) is 6.08 Å². The first-order valence-electron chi connectivity index (χ1n) is 8.02. The number of rotatable bonds is 6. The van der Waals surface area contributed by atoms with Gasteiger partial charge in [-0.25, -0.2) is 4.79 Å². The zero-order valence-electron chi connectivity index (χ0n) is 14.7. The van der Waals surface area contributed by atoms with Crippen molar-refractivity contribution < 1.29 is 19.1 Å². The Hall–Kier alpha value is -2.63. The molecule has 1 atom stereocenters. The summed E-state index contributed by atoms with van der Waals surface area (Å²) in [4.78, 5) is 35.2. The third kappa shape index (κ3) is 6.24. The maximum atomic E-state index is 12.1. The predicted octanol–water partition coefficient (Wildman–Crippen LogP) is 4.78. The zero-order chi connectivity index (χ0) is 20.0. The topological polar surface area (TPSA) is 72.5 Å². The fourth-order valence-corrected chi connectivity index (χ4v) is 2.57. The van der Waals surface area contributed by atoms with Crippen molar-refractivity contribution in [1.29, 1.82) is 0 Å². The number of halogens is 2. The first-order valence-corrected chi connectivity index (χ1v) is 8.77. The van der Waals surface area contributed by atoms with Gasteiger partial charge in [0.2, 0.25) is 0 Å². The number of Topliss-reactive ketones (excluding diaryl/α,β-unsaturated/α-hetero) is 1. The number of nitrogens with one attached hydrogen (secondary N) is 1. The molecule has 2 aromatic carbocycles. The Morgan fingerprint density at radius 2 is 1.74 bits per heavy atom. The van der Waals surface area contributed by atoms with Crippen LogP contribution in [0.3, 0.4) is 0 Å². The number of anilines is 1. The van der Waals surface area contributed by atoms with E-state index in [9.17, 15) is 14.4 Å². The maximum Gasteiger partial charge on any atom is 0.331 e. The van der Waals surface area contributed by atoms with Crippen LogP contribution in [0.2, 0.25) is 10.0 Å². The highest BCUT2D eigenvalue weighted by Crippen LogP contribution is 2.22. The molecule has 0 saturated carbocycles. The van der Waals surface area contributed by atoms with Gasteiger partial charge in [-0.2, -0.15) is 0 Å². The lowest BCUT2D eigenvalue weighted by atomic mass is 10.1. The number of amides is 1. The third-order valence-electron chi connectivity index (χ3n) is 3.58. The van der Waals surface area contributed by atoms with E-state index in [1.807, 2.05) is 0 Å². The molecule has 0 heterocycles. The minimum Gasteiger partial charge on any atom is -0.449 e. The van der Waals surface area contributed by atoms with Gasteiger partial charge in [0.25, 0.3) is 5.91 Å². The molecule has 5 nitrogen and oxygen atoms in total. The Labute approximate surface area is 166 Å². The van der Waals surface area contributed by atoms with E-state index < -0.39 is 18.0 Å². The molecule has 1 amide bonds. The molecule has 0 saturated heterocycles. The second-order valence-corrected chi connectivity index (χ2v) is 6.54. The number of esters is 1. The van der Waals surface area contributed by atoms with Gasteiger partial charge < -0.3 is 10.1 Å². The summed E-state index contributed by atoms with van der Waals surface area (Å²) in [6.07, 6.45) is 1.66. The average molecular weight is 406 g/mol. The molecule has 0 fully saturated rings. The summed E-state index contributed by atoms with van der Waals surface area (Å²) < 4.78 is 5.07. The summed E-state index contributed by atoms with van der Waals surface area (Å²) in [5.74, 6) is -1.24. The lowest BCUT2D eigenvalue weighted by Crippen LogP contribution is -2.29. The van der Waals surface area contributed by atoms with Crippen molar-refractivity contribution >= 4 is 52.6 Å². The van der Waals surface area contributed by atoms with Crippen molar-refractivity contribution in [3.8, 4) is 0 Å². The van der Waals surface area contributed by atoms with E-state index >= 15 is 0 Å². The minimum absolute atomic E-state index is 0.0669. The molecule has 0 bridgehead atoms. The monoisotopic (exact) mass is 405 g/mol. The number of benzene rings is 2. The van der Waals surface area contributed by atoms with Crippen molar-refractivity contribution in [3.63, 3.8) is 0 Å². The van der Waals surface area contributed by atoms with Crippen LogP contribution >= 0.6 is 23.2 Å². The highest BCUT2D eigenvalue weighted by molar-refractivity contribution is 6.35. The summed E-state index contributed by atoms with van der Waals surface area (Å²) in [7, 11) is 0. The van der Waals surface area contributed by atoms with E-state index in [2.05, 4.69) is 5.32 Å². The lowest BCUT2D eigenvalue weighted by molar-refractivity contribution is -0.148. The molecule has 0 spiro atoms. The quantitative estimate of drug-likeness (QED) is 0.426. The Balaban J connectivity index is 1.92. The first-order chi connectivity index (χ1) is 12.8. The Morgan fingerprint density at radius 3 is 2.33 bits per heavy atom. The van der Waals surface area contributed by atoms with Crippen LogP contribution < -0.4 is 5.32 Å². The maximum absolute atomic E-state index is 12.1. The van der Waals surface area contributed by atoms with Gasteiger partial charge in [-0.3, -0.25) is 9.59 Å². The smallest absolute Gasteiger partial charge is 0.331 e. The van der Waals surface area contributed by atoms with Crippen molar-refractivity contribution in [2.45, 2.75) is 20.0 Å². The number of hydrogen-bond donors (Lipinski definition) is 1. The van der Waals surface area contributed by atoms with E-state index in [0.717, 1.165) is 0 Å². The van der Waals surface area contributed by atoms with Crippen LogP contribution in [0.4, 0.5) is 5.69 Å². The molecule has 0 aliphatic carbocycles. The standard InChI is InChI=1S/C20H17Cl2NO4/c1-12(24)14-4-8-17(9-5-14)23-20(26)13(2)27-19(25)10-6-15-3-7-16(21)11-18(15)22/h3-11,13H,1-2H3,(H,23,26)/b10-6+/t13-/m1/s1. The highest BCUT2D eigenvalue weighted by Gasteiger charge is 2.16. The van der Waals surface area contributed by atoms with Crippen molar-refractivity contribution in [2.75, 3.05) is 5.32 Å². The molecule has 27 heavy (non-hydrogen) atoms. The zero-order valence-corrected chi connectivity index (χ0v) is 16.2. The van der Waals surface area contributed by atoms with Gasteiger partial charge in [0.15, 0.2) is 11.9 Å². The molecular weight excluding hydrogens is 389 g/mol. The average Bonchev–Trinajstić information content (AvgIpc) is 2.61. The molecule has 140 valence electrons. The van der Waals surface area contributed by atoms with Gasteiger partial charge in [0.05, 0.1) is 0 Å². The van der Waals surface area contributed by atoms with Gasteiger partial charge in [-0.15, -0.1) is 0 Å². The molecule has 0 radical (unpaired) electrons. The number of carbonyl (C=O) groups excluding carboxylic acids is 3. The molecule has 2 aromatic rings. The van der Waals surface area contributed by atoms with Crippen LogP contribution in [0.1, 0.15) is 29.8 Å². The van der Waals surface area contributed by atoms with Gasteiger partial charge >= 0.3 is 5.97 Å². The van der Waals surface area contributed by atoms with Crippen molar-refractivity contribution in [3.05, 3.63) is 69.7 Å². The fraction of sp³-hybridized carbons (Fsp3) is 0.150. The molecule has 1 N–H and O–H groups in total. The molecule has 0 aliphatic rings. The fourth-order valence-electron chi connectivity index (χ4n) is 2.09. The second kappa shape index (κ2) is 9.35. The third-order valence-corrected chi connectivity index (χ3v) is 4.15. The van der Waals surface area contributed by atoms with Gasteiger partial charge in [-0.1, -0.05) is 29.3 Å². The molecule has 0 unspecified atom stereocenters. The summed E-state index contributed by atoms with van der Waals surface area (Å²) in [6.45, 7) is 2.92. The van der Waals surface area contributed by atoms with E-state index in [1.54, 1.807) is 42.5 Å². The second-order valence-electron chi connectivity index (χ2n) is 5.70. The molecule has 0 aliphatic heterocycles. The van der Waals surface area contributed by atoms with Crippen LogP contribution in [0.15, 0.2) is 48.5 Å². The normalized spacial score (nSPS) is 11.9. The Bertz CT molecular complexity index is 891. The molecule has 2 rings (SSSR count). The molecule has 7 heteroatoms. The number of ether oxygens (including phenoxy) is 1. The van der Waals surface area contributed by atoms with Gasteiger partial charge in [0.1, 0.15) is 0 Å². The van der Waals surface area contributed by atoms with Crippen molar-refractivity contribution in [1.82, 2.24) is 0 Å². The van der Waals surface area contributed by atoms with E-state index in [-0.39, 0.29) is 5.78 Å². The van der Waals surface area contributed by atoms with Gasteiger partial charge in [-0.05, 0) is 61.9 Å². The number of ketones is 1. The summed E-state index contributed by atoms with van der Waals surface area (Å²) in [5.41, 5.74) is 1.63. The lowest BCUT2D eigenvalue weighted by Gasteiger charge is -2.12. The van der Waals surface area contributed by atoms with E-state index in [4.69, 9.17) is 27.9 Å². The molecule has 0 aromatic heterocycles. The van der Waals surface area contributed by atoms with Crippen LogP contribution in [0.5, 0.6) is 0 Å². The first kappa shape index (κ1) is 20.7. The summed E-state index contributed by atoms with van der Waals surface area (Å²) in [6, 6.07) is 11.3. The minimum atomic E-state index is -1.00. The Morgan fingerprint density at radius 1 is 1.07 bits per heavy atom. The highest BCUT2D eigenvalue weighted by atomic mass is 35.5. The number of carbonyl (C=O) groups is 3. The summed E-state index contributed by atoms with van der Waals surface area (Å²) >= 11 is 11.8. The van der Waals surface area contributed by atoms with Crippen LogP contribution in [0, 0.1) is 0 Å². The van der Waals surface area contributed by atoms with E-state index in [0.29, 0.717) is 26.9 Å². The summed E-state index contributed by atoms with van der Waals surface area (Å²) in [5, 5.41) is 3.50. The van der Waals surface area contributed by atoms with Crippen molar-refractivity contribution in [2.24, 2.45) is 0 Å². The van der Waals surface area contributed by atoms with Crippen LogP contribution in [-0.4, -0.2) is 23.8 Å². The number of hydrogen-bond acceptors (Lipinski definition) is 4.